The summed E-state index contributed by atoms with van der Waals surface area (Å²) >= 11 is 1.53. The molecule has 1 N–H and O–H groups in total. The van der Waals surface area contributed by atoms with E-state index < -0.39 is 0 Å². The molecule has 1 saturated heterocycles. The topological polar surface area (TPSA) is 74.5 Å². The van der Waals surface area contributed by atoms with Crippen molar-refractivity contribution in [3.05, 3.63) is 40.6 Å². The van der Waals surface area contributed by atoms with Gasteiger partial charge in [0.25, 0.3) is 0 Å². The Hall–Kier alpha value is -2.03. The molecule has 2 aromatic heterocycles. The van der Waals surface area contributed by atoms with Crippen molar-refractivity contribution in [3.8, 4) is 0 Å². The van der Waals surface area contributed by atoms with E-state index in [9.17, 15) is 4.79 Å². The molecule has 0 radical (unpaired) electrons. The number of carbonyl (C=O) groups is 1. The fraction of sp³-hybridized carbons (Fsp3) is 0.438. The Kier molecular flexibility index (Phi) is 5.73. The molecule has 3 heterocycles. The number of rotatable bonds is 6. The maximum Gasteiger partial charge on any atom is 0.246 e. The molecule has 1 aliphatic rings. The standard InChI is InChI=1S/C16H21N5O2S/c22-10-14-9-15(24-11-14)1-2-16(23)20-6-3-19(4-7-20)5-8-21-13-17-12-18-21/h1-2,9,11-13,22H,3-8,10H2. The average molecular weight is 347 g/mol. The smallest absolute Gasteiger partial charge is 0.246 e. The van der Waals surface area contributed by atoms with Gasteiger partial charge >= 0.3 is 0 Å². The second kappa shape index (κ2) is 8.18. The van der Waals surface area contributed by atoms with Gasteiger partial charge in [0.05, 0.1) is 13.2 Å². The molecule has 0 unspecified atom stereocenters. The lowest BCUT2D eigenvalue weighted by molar-refractivity contribution is -0.127. The highest BCUT2D eigenvalue weighted by Crippen LogP contribution is 2.16. The monoisotopic (exact) mass is 347 g/mol. The zero-order valence-corrected chi connectivity index (χ0v) is 14.2. The lowest BCUT2D eigenvalue weighted by atomic mass is 10.2. The molecule has 0 saturated carbocycles. The van der Waals surface area contributed by atoms with Crippen LogP contribution in [-0.2, 0) is 17.9 Å². The lowest BCUT2D eigenvalue weighted by Crippen LogP contribution is -2.48. The van der Waals surface area contributed by atoms with E-state index in [1.54, 1.807) is 18.7 Å². The van der Waals surface area contributed by atoms with Crippen LogP contribution in [0.15, 0.2) is 30.2 Å². The minimum Gasteiger partial charge on any atom is -0.392 e. The van der Waals surface area contributed by atoms with Crippen molar-refractivity contribution in [3.63, 3.8) is 0 Å². The van der Waals surface area contributed by atoms with Crippen molar-refractivity contribution >= 4 is 23.3 Å². The molecule has 0 bridgehead atoms. The molecule has 0 aliphatic carbocycles. The van der Waals surface area contributed by atoms with Gasteiger partial charge in [-0.25, -0.2) is 4.98 Å². The van der Waals surface area contributed by atoms with Crippen LogP contribution < -0.4 is 0 Å². The van der Waals surface area contributed by atoms with Gasteiger partial charge < -0.3 is 10.0 Å². The number of carbonyl (C=O) groups excluding carboxylic acids is 1. The molecule has 128 valence electrons. The molecular formula is C16H21N5O2S. The van der Waals surface area contributed by atoms with Gasteiger partial charge in [0.1, 0.15) is 12.7 Å². The van der Waals surface area contributed by atoms with Gasteiger partial charge in [-0.1, -0.05) is 0 Å². The number of aliphatic hydroxyl groups is 1. The van der Waals surface area contributed by atoms with Crippen LogP contribution in [0.1, 0.15) is 10.4 Å². The molecule has 24 heavy (non-hydrogen) atoms. The van der Waals surface area contributed by atoms with Gasteiger partial charge in [-0.15, -0.1) is 11.3 Å². The molecule has 1 amide bonds. The van der Waals surface area contributed by atoms with E-state index in [4.69, 9.17) is 5.11 Å². The summed E-state index contributed by atoms with van der Waals surface area (Å²) in [5, 5.41) is 15.1. The van der Waals surface area contributed by atoms with E-state index in [0.717, 1.165) is 49.7 Å². The summed E-state index contributed by atoms with van der Waals surface area (Å²) in [4.78, 5) is 21.4. The Morgan fingerprint density at radius 3 is 2.79 bits per heavy atom. The highest BCUT2D eigenvalue weighted by molar-refractivity contribution is 7.11. The van der Waals surface area contributed by atoms with Crippen LogP contribution in [0.5, 0.6) is 0 Å². The van der Waals surface area contributed by atoms with E-state index in [-0.39, 0.29) is 12.5 Å². The third-order valence-corrected chi connectivity index (χ3v) is 4.99. The van der Waals surface area contributed by atoms with E-state index >= 15 is 0 Å². The minimum absolute atomic E-state index is 0.0365. The predicted molar refractivity (Wildman–Crippen MR) is 92.3 cm³/mol. The average Bonchev–Trinajstić information content (AvgIpc) is 3.29. The van der Waals surface area contributed by atoms with E-state index in [2.05, 4.69) is 15.0 Å². The molecular weight excluding hydrogens is 326 g/mol. The summed E-state index contributed by atoms with van der Waals surface area (Å²) < 4.78 is 1.82. The van der Waals surface area contributed by atoms with E-state index in [1.807, 2.05) is 27.1 Å². The molecule has 1 fully saturated rings. The number of piperazine rings is 1. The SMILES string of the molecule is O=C(C=Cc1cc(CO)cs1)N1CCN(CCn2cncn2)CC1. The summed E-state index contributed by atoms with van der Waals surface area (Å²) in [6.07, 6.45) is 6.71. The molecule has 2 aromatic rings. The van der Waals surface area contributed by atoms with Gasteiger partial charge in [0.15, 0.2) is 0 Å². The fourth-order valence-corrected chi connectivity index (χ4v) is 3.40. The van der Waals surface area contributed by atoms with Gasteiger partial charge in [0.2, 0.25) is 5.91 Å². The number of aromatic nitrogens is 3. The van der Waals surface area contributed by atoms with Crippen LogP contribution >= 0.6 is 11.3 Å². The normalized spacial score (nSPS) is 16.1. The number of hydrogen-bond donors (Lipinski definition) is 1. The van der Waals surface area contributed by atoms with Crippen LogP contribution in [0, 0.1) is 0 Å². The summed E-state index contributed by atoms with van der Waals surface area (Å²) in [5.74, 6) is 0.0462. The van der Waals surface area contributed by atoms with Crippen molar-refractivity contribution < 1.29 is 9.90 Å². The Balaban J connectivity index is 1.42. The van der Waals surface area contributed by atoms with Crippen molar-refractivity contribution in [1.29, 1.82) is 0 Å². The maximum absolute atomic E-state index is 12.3. The quantitative estimate of drug-likeness (QED) is 0.778. The van der Waals surface area contributed by atoms with Gasteiger partial charge in [0, 0.05) is 43.7 Å². The third kappa shape index (κ3) is 4.50. The molecule has 1 aliphatic heterocycles. The molecule has 3 rings (SSSR count). The number of hydrogen-bond acceptors (Lipinski definition) is 6. The first kappa shape index (κ1) is 16.8. The van der Waals surface area contributed by atoms with Crippen LogP contribution in [0.3, 0.4) is 0 Å². The third-order valence-electron chi connectivity index (χ3n) is 4.04. The number of aliphatic hydroxyl groups excluding tert-OH is 1. The van der Waals surface area contributed by atoms with Crippen molar-refractivity contribution in [2.75, 3.05) is 32.7 Å². The van der Waals surface area contributed by atoms with E-state index in [0.29, 0.717) is 0 Å². The van der Waals surface area contributed by atoms with Gasteiger partial charge in [-0.3, -0.25) is 14.4 Å². The largest absolute Gasteiger partial charge is 0.392 e. The molecule has 0 atom stereocenters. The summed E-state index contributed by atoms with van der Waals surface area (Å²) in [6, 6.07) is 1.90. The first-order valence-electron chi connectivity index (χ1n) is 7.94. The zero-order valence-electron chi connectivity index (χ0n) is 13.4. The minimum atomic E-state index is 0.0365. The van der Waals surface area contributed by atoms with Crippen LogP contribution in [0.2, 0.25) is 0 Å². The van der Waals surface area contributed by atoms with Crippen molar-refractivity contribution in [2.24, 2.45) is 0 Å². The Bertz CT molecular complexity index is 674. The first-order valence-corrected chi connectivity index (χ1v) is 8.82. The molecule has 0 spiro atoms. The van der Waals surface area contributed by atoms with Gasteiger partial charge in [-0.2, -0.15) is 5.10 Å². The Morgan fingerprint density at radius 2 is 2.12 bits per heavy atom. The van der Waals surface area contributed by atoms with Crippen molar-refractivity contribution in [1.82, 2.24) is 24.6 Å². The highest BCUT2D eigenvalue weighted by Gasteiger charge is 2.19. The first-order chi connectivity index (χ1) is 11.7. The molecule has 7 nitrogen and oxygen atoms in total. The number of thiophene rings is 1. The lowest BCUT2D eigenvalue weighted by Gasteiger charge is -2.34. The Morgan fingerprint density at radius 1 is 1.29 bits per heavy atom. The maximum atomic E-state index is 12.3. The van der Waals surface area contributed by atoms with E-state index in [1.165, 1.54) is 11.3 Å². The van der Waals surface area contributed by atoms with Crippen LogP contribution in [0.25, 0.3) is 6.08 Å². The van der Waals surface area contributed by atoms with Gasteiger partial charge in [-0.05, 0) is 23.1 Å². The fourth-order valence-electron chi connectivity index (χ4n) is 2.61. The summed E-state index contributed by atoms with van der Waals surface area (Å²) in [7, 11) is 0. The Labute approximate surface area is 144 Å². The van der Waals surface area contributed by atoms with Crippen LogP contribution in [0.4, 0.5) is 0 Å². The van der Waals surface area contributed by atoms with Crippen LogP contribution in [-0.4, -0.2) is 68.3 Å². The predicted octanol–water partition coefficient (Wildman–Crippen LogP) is 0.690. The number of nitrogens with zero attached hydrogens (tertiary/aromatic N) is 5. The second-order valence-electron chi connectivity index (χ2n) is 5.67. The summed E-state index contributed by atoms with van der Waals surface area (Å²) in [6.45, 7) is 5.01. The summed E-state index contributed by atoms with van der Waals surface area (Å²) in [5.41, 5.74) is 0.882. The number of amides is 1. The van der Waals surface area contributed by atoms with Crippen molar-refractivity contribution in [2.45, 2.75) is 13.2 Å². The zero-order chi connectivity index (χ0) is 16.8. The highest BCUT2D eigenvalue weighted by atomic mass is 32.1. The second-order valence-corrected chi connectivity index (χ2v) is 6.62. The molecule has 0 aromatic carbocycles. The molecule has 8 heteroatoms.